The Hall–Kier alpha value is -2.99. The topological polar surface area (TPSA) is 328 Å². The predicted octanol–water partition coefficient (Wildman–Crippen LogP) is -1.31. The molecular weight excluding hydrogens is 432 g/mol. The number of rotatable bonds is 0. The molecule has 0 aliphatic carbocycles. The number of nitrogens with zero attached hydrogens (tertiary/aromatic N) is 5. The van der Waals surface area contributed by atoms with Crippen molar-refractivity contribution in [3.63, 3.8) is 0 Å². The van der Waals surface area contributed by atoms with E-state index in [1.165, 1.54) is 0 Å². The molecule has 0 aliphatic heterocycles. The van der Waals surface area contributed by atoms with Crippen LogP contribution in [0.25, 0.3) is 0 Å². The van der Waals surface area contributed by atoms with E-state index < -0.39 is 25.4 Å². The van der Waals surface area contributed by atoms with Crippen molar-refractivity contribution in [2.75, 3.05) is 0 Å². The van der Waals surface area contributed by atoms with Crippen molar-refractivity contribution in [3.8, 4) is 0 Å². The fraction of sp³-hybridized carbons (Fsp3) is 0. The van der Waals surface area contributed by atoms with E-state index in [-0.39, 0.29) is 33.6 Å². The Morgan fingerprint density at radius 2 is 0.500 bits per heavy atom. The first kappa shape index (κ1) is 42.7. The Balaban J connectivity index is -0.0000000250. The maximum atomic E-state index is 8.36. The molecule has 0 fully saturated rings. The van der Waals surface area contributed by atoms with Gasteiger partial charge in [-0.25, -0.2) is 0 Å². The van der Waals surface area contributed by atoms with Crippen LogP contribution in [0.15, 0.2) is 0 Å². The molecule has 20 nitrogen and oxygen atoms in total. The molecule has 0 aromatic carbocycles. The van der Waals surface area contributed by atoms with Crippen LogP contribution < -0.4 is 0 Å². The first-order valence-corrected chi connectivity index (χ1v) is 2.76. The third-order valence-electron chi connectivity index (χ3n) is 0. The quantitative estimate of drug-likeness (QED) is 0.263. The van der Waals surface area contributed by atoms with Gasteiger partial charge < -0.3 is 66.5 Å². The minimum atomic E-state index is -1.75. The molecule has 22 heavy (non-hydrogen) atoms. The zero-order valence-corrected chi connectivity index (χ0v) is 10.9. The van der Waals surface area contributed by atoms with E-state index in [4.69, 9.17) is 76.6 Å². The summed E-state index contributed by atoms with van der Waals surface area (Å²) in [5, 5.41) is 72.6. The maximum Gasteiger partial charge on any atom is 2.00 e. The molecule has 0 spiro atoms. The van der Waals surface area contributed by atoms with Crippen LogP contribution in [0.1, 0.15) is 0 Å². The van der Waals surface area contributed by atoms with Crippen LogP contribution in [0.3, 0.4) is 0 Å². The van der Waals surface area contributed by atoms with Crippen molar-refractivity contribution in [3.05, 3.63) is 71.4 Å². The average molecular weight is 433 g/mol. The van der Waals surface area contributed by atoms with E-state index in [9.17, 15) is 0 Å². The predicted molar refractivity (Wildman–Crippen MR) is 50.2 cm³/mol. The zero-order valence-electron chi connectivity index (χ0n) is 9.02. The van der Waals surface area contributed by atoms with Gasteiger partial charge in [-0.3, -0.25) is 0 Å². The average Bonchev–Trinajstić information content (AvgIpc) is 1.94. The Kier molecular flexibility index (Phi) is 70.2. The van der Waals surface area contributed by atoms with Gasteiger partial charge in [-0.15, -0.1) is 10.1 Å². The fourth-order valence-corrected chi connectivity index (χ4v) is 0. The monoisotopic (exact) mass is 432 g/mol. The van der Waals surface area contributed by atoms with E-state index in [0.717, 1.165) is 0 Å². The van der Waals surface area contributed by atoms with Gasteiger partial charge in [-0.2, -0.15) is 0 Å². The SMILES string of the molecule is O=[N+]([O-])O.O=[N+]([O-])[O-].O=[N+]([O-])[O-].O=[N+]([O-])[O-].O=[N+]([O-])[O-].[Cu+2].[Ni+2]. The van der Waals surface area contributed by atoms with E-state index in [1.54, 1.807) is 0 Å². The van der Waals surface area contributed by atoms with Gasteiger partial charge in [0.25, 0.3) is 5.09 Å². The van der Waals surface area contributed by atoms with Gasteiger partial charge in [-0.1, -0.05) is 0 Å². The summed E-state index contributed by atoms with van der Waals surface area (Å²) >= 11 is 0. The molecule has 1 radical (unpaired) electrons. The second-order valence-corrected chi connectivity index (χ2v) is 1.13. The molecule has 0 aliphatic rings. The summed E-state index contributed by atoms with van der Waals surface area (Å²) in [5.41, 5.74) is 0. The molecule has 0 saturated heterocycles. The Morgan fingerprint density at radius 1 is 0.500 bits per heavy atom. The minimum Gasteiger partial charge on any atom is -0.356 e. The van der Waals surface area contributed by atoms with Crippen molar-refractivity contribution in [1.82, 2.24) is 0 Å². The molecule has 137 valence electrons. The van der Waals surface area contributed by atoms with Gasteiger partial charge in [0.2, 0.25) is 0 Å². The van der Waals surface area contributed by atoms with Crippen LogP contribution in [0.5, 0.6) is 0 Å². The molecule has 0 unspecified atom stereocenters. The van der Waals surface area contributed by atoms with E-state index in [1.807, 2.05) is 0 Å². The van der Waals surface area contributed by atoms with Crippen molar-refractivity contribution >= 4 is 0 Å². The van der Waals surface area contributed by atoms with Gasteiger partial charge in [0.1, 0.15) is 0 Å². The molecule has 0 rings (SSSR count). The van der Waals surface area contributed by atoms with Crippen LogP contribution in [0, 0.1) is 71.4 Å². The fourth-order valence-electron chi connectivity index (χ4n) is 0. The first-order chi connectivity index (χ1) is 8.66. The van der Waals surface area contributed by atoms with E-state index >= 15 is 0 Å². The molecule has 0 amide bonds. The van der Waals surface area contributed by atoms with Gasteiger partial charge in [0.05, 0.1) is 20.3 Å². The maximum absolute atomic E-state index is 8.36. The normalized spacial score (nSPS) is 5.45. The van der Waals surface area contributed by atoms with Gasteiger partial charge in [-0.05, 0) is 0 Å². The van der Waals surface area contributed by atoms with Gasteiger partial charge in [0, 0.05) is 0 Å². The van der Waals surface area contributed by atoms with Crippen molar-refractivity contribution < 1.29 is 64.2 Å². The summed E-state index contributed by atoms with van der Waals surface area (Å²) in [4.78, 5) is 41.4. The summed E-state index contributed by atoms with van der Waals surface area (Å²) in [7, 11) is 0. The second kappa shape index (κ2) is 36.1. The van der Waals surface area contributed by atoms with Crippen molar-refractivity contribution in [2.45, 2.75) is 0 Å². The zero-order chi connectivity index (χ0) is 17.9. The Labute approximate surface area is 136 Å². The molecule has 0 bridgehead atoms. The molecule has 0 saturated carbocycles. The summed E-state index contributed by atoms with van der Waals surface area (Å²) < 4.78 is 0. The molecule has 0 atom stereocenters. The Bertz CT molecular complexity index is 213. The van der Waals surface area contributed by atoms with E-state index in [2.05, 4.69) is 0 Å². The molecule has 0 aromatic heterocycles. The molecule has 22 heteroatoms. The largest absolute Gasteiger partial charge is 2.00 e. The molecule has 0 aromatic rings. The van der Waals surface area contributed by atoms with Crippen molar-refractivity contribution in [1.29, 1.82) is 0 Å². The molecule has 0 heterocycles. The summed E-state index contributed by atoms with van der Waals surface area (Å²) in [6, 6.07) is 0. The molecule has 1 N–H and O–H groups in total. The van der Waals surface area contributed by atoms with Crippen LogP contribution in [-0.4, -0.2) is 30.6 Å². The Morgan fingerprint density at radius 3 is 0.500 bits per heavy atom. The minimum absolute atomic E-state index is 0. The number of hydrogen-bond acceptors (Lipinski definition) is 14. The third-order valence-corrected chi connectivity index (χ3v) is 0. The van der Waals surface area contributed by atoms with Crippen LogP contribution in [0.2, 0.25) is 0 Å². The third kappa shape index (κ3) is 489. The summed E-state index contributed by atoms with van der Waals surface area (Å²) in [6.07, 6.45) is 0. The first-order valence-electron chi connectivity index (χ1n) is 2.76. The van der Waals surface area contributed by atoms with Crippen LogP contribution in [-0.2, 0) is 33.6 Å². The van der Waals surface area contributed by atoms with Gasteiger partial charge in [0.15, 0.2) is 0 Å². The summed E-state index contributed by atoms with van der Waals surface area (Å²) in [5.74, 6) is 0. The van der Waals surface area contributed by atoms with E-state index in [0.29, 0.717) is 0 Å². The smallest absolute Gasteiger partial charge is 0.356 e. The van der Waals surface area contributed by atoms with Crippen LogP contribution >= 0.6 is 0 Å². The summed E-state index contributed by atoms with van der Waals surface area (Å²) in [6.45, 7) is 0. The van der Waals surface area contributed by atoms with Crippen LogP contribution in [0.4, 0.5) is 0 Å². The molecular formula is HCuN5NiO15. The second-order valence-electron chi connectivity index (χ2n) is 1.13. The number of hydrogen-bond donors (Lipinski definition) is 1. The van der Waals surface area contributed by atoms with Gasteiger partial charge >= 0.3 is 33.6 Å². The van der Waals surface area contributed by atoms with Crippen molar-refractivity contribution in [2.24, 2.45) is 0 Å². The standard InChI is InChI=1S/Cu.HNO3.4NO3.Ni/c;5*2-1(3)4;/h;(H,2,3,4);;;;;/q+2;;4*-1;+2.